The van der Waals surface area contributed by atoms with Crippen LogP contribution in [-0.4, -0.2) is 47.6 Å². The largest absolute Gasteiger partial charge is 0.480 e. The van der Waals surface area contributed by atoms with E-state index in [0.717, 1.165) is 12.8 Å². The molecule has 1 atom stereocenters. The van der Waals surface area contributed by atoms with Gasteiger partial charge in [0.1, 0.15) is 6.04 Å². The number of carbonyl (C=O) groups is 2. The minimum absolute atomic E-state index is 0.105. The summed E-state index contributed by atoms with van der Waals surface area (Å²) in [6, 6.07) is -0.672. The number of nitrogens with zero attached hydrogens (tertiary/aromatic N) is 1. The molecule has 0 saturated carbocycles. The smallest absolute Gasteiger partial charge is 0.326 e. The molecule has 1 heterocycles. The van der Waals surface area contributed by atoms with E-state index in [0.29, 0.717) is 19.5 Å². The number of rotatable bonds is 4. The summed E-state index contributed by atoms with van der Waals surface area (Å²) in [4.78, 5) is 24.1. The van der Waals surface area contributed by atoms with Crippen LogP contribution in [0.5, 0.6) is 0 Å². The third-order valence-electron chi connectivity index (χ3n) is 2.61. The van der Waals surface area contributed by atoms with Gasteiger partial charge in [-0.25, -0.2) is 4.79 Å². The molecule has 1 fully saturated rings. The van der Waals surface area contributed by atoms with Crippen molar-refractivity contribution < 1.29 is 14.7 Å². The van der Waals surface area contributed by atoms with Crippen molar-refractivity contribution in [2.24, 2.45) is 0 Å². The van der Waals surface area contributed by atoms with Crippen molar-refractivity contribution in [2.45, 2.75) is 25.3 Å². The topological polar surface area (TPSA) is 69.6 Å². The lowest BCUT2D eigenvalue weighted by atomic mass is 10.0. The van der Waals surface area contributed by atoms with Crippen LogP contribution >= 0.6 is 0 Å². The minimum Gasteiger partial charge on any atom is -0.480 e. The maximum atomic E-state index is 11.7. The molecule has 0 bridgehead atoms. The zero-order valence-electron chi connectivity index (χ0n) is 9.11. The first kappa shape index (κ1) is 12.5. The highest BCUT2D eigenvalue weighted by Crippen LogP contribution is 2.16. The minimum atomic E-state index is -0.926. The number of hydrogen-bond acceptors (Lipinski definition) is 3. The molecule has 0 aliphatic carbocycles. The van der Waals surface area contributed by atoms with E-state index < -0.39 is 12.0 Å². The molecule has 0 spiro atoms. The van der Waals surface area contributed by atoms with Crippen LogP contribution in [0.25, 0.3) is 0 Å². The standard InChI is InChI=1S/C11H16N2O3/c1-2-6-12-8-10(14)13-7-4-3-5-9(13)11(15)16/h1,9,12H,3-8H2,(H,15,16). The van der Waals surface area contributed by atoms with E-state index >= 15 is 0 Å². The van der Waals surface area contributed by atoms with Gasteiger partial charge in [0.2, 0.25) is 5.91 Å². The van der Waals surface area contributed by atoms with Crippen LogP contribution < -0.4 is 5.32 Å². The van der Waals surface area contributed by atoms with Crippen LogP contribution in [0.2, 0.25) is 0 Å². The van der Waals surface area contributed by atoms with Crippen molar-refractivity contribution in [3.63, 3.8) is 0 Å². The highest BCUT2D eigenvalue weighted by molar-refractivity contribution is 5.85. The monoisotopic (exact) mass is 224 g/mol. The molecule has 1 unspecified atom stereocenters. The van der Waals surface area contributed by atoms with E-state index in [-0.39, 0.29) is 12.5 Å². The van der Waals surface area contributed by atoms with Gasteiger partial charge in [-0.05, 0) is 19.3 Å². The number of carboxylic acids is 1. The molecule has 1 saturated heterocycles. The average Bonchev–Trinajstić information content (AvgIpc) is 2.29. The third-order valence-corrected chi connectivity index (χ3v) is 2.61. The van der Waals surface area contributed by atoms with E-state index in [1.807, 2.05) is 0 Å². The van der Waals surface area contributed by atoms with Crippen molar-refractivity contribution in [3.05, 3.63) is 0 Å². The fourth-order valence-corrected chi connectivity index (χ4v) is 1.83. The van der Waals surface area contributed by atoms with Gasteiger partial charge in [-0.3, -0.25) is 10.1 Å². The number of carbonyl (C=O) groups excluding carboxylic acids is 1. The van der Waals surface area contributed by atoms with Gasteiger partial charge in [0.05, 0.1) is 13.1 Å². The SMILES string of the molecule is C#CCNCC(=O)N1CCCCC1C(=O)O. The maximum Gasteiger partial charge on any atom is 0.326 e. The number of aliphatic carboxylic acids is 1. The summed E-state index contributed by atoms with van der Waals surface area (Å²) in [5, 5.41) is 11.8. The van der Waals surface area contributed by atoms with E-state index in [1.54, 1.807) is 0 Å². The van der Waals surface area contributed by atoms with Crippen molar-refractivity contribution in [1.29, 1.82) is 0 Å². The normalized spacial score (nSPS) is 20.2. The molecule has 1 amide bonds. The summed E-state index contributed by atoms with van der Waals surface area (Å²) < 4.78 is 0. The lowest BCUT2D eigenvalue weighted by molar-refractivity contribution is -0.151. The first-order chi connectivity index (χ1) is 7.66. The lowest BCUT2D eigenvalue weighted by Crippen LogP contribution is -2.50. The summed E-state index contributed by atoms with van der Waals surface area (Å²) in [5.74, 6) is 1.24. The Labute approximate surface area is 94.8 Å². The Kier molecular flexibility index (Phi) is 4.80. The number of piperidine rings is 1. The number of hydrogen-bond donors (Lipinski definition) is 2. The second-order valence-electron chi connectivity index (χ2n) is 3.74. The summed E-state index contributed by atoms with van der Waals surface area (Å²) in [6.45, 7) is 0.943. The first-order valence-electron chi connectivity index (χ1n) is 5.33. The second kappa shape index (κ2) is 6.13. The van der Waals surface area contributed by atoms with Crippen LogP contribution in [0.4, 0.5) is 0 Å². The molecule has 5 heteroatoms. The van der Waals surface area contributed by atoms with Crippen LogP contribution in [-0.2, 0) is 9.59 Å². The van der Waals surface area contributed by atoms with Gasteiger partial charge in [0, 0.05) is 6.54 Å². The van der Waals surface area contributed by atoms with Crippen LogP contribution in [0.15, 0.2) is 0 Å². The predicted octanol–water partition coefficient (Wildman–Crippen LogP) is -0.325. The Morgan fingerprint density at radius 3 is 2.88 bits per heavy atom. The fourth-order valence-electron chi connectivity index (χ4n) is 1.83. The molecule has 0 aromatic rings. The number of terminal acetylenes is 1. The Bertz CT molecular complexity index is 309. The van der Waals surface area contributed by atoms with Crippen molar-refractivity contribution in [3.8, 4) is 12.3 Å². The van der Waals surface area contributed by atoms with E-state index in [2.05, 4.69) is 11.2 Å². The van der Waals surface area contributed by atoms with E-state index in [9.17, 15) is 9.59 Å². The molecule has 16 heavy (non-hydrogen) atoms. The van der Waals surface area contributed by atoms with E-state index in [1.165, 1.54) is 4.90 Å². The van der Waals surface area contributed by atoms with Gasteiger partial charge in [0.15, 0.2) is 0 Å². The lowest BCUT2D eigenvalue weighted by Gasteiger charge is -2.32. The molecular weight excluding hydrogens is 208 g/mol. The molecule has 88 valence electrons. The maximum absolute atomic E-state index is 11.7. The highest BCUT2D eigenvalue weighted by atomic mass is 16.4. The number of likely N-dealkylation sites (tertiary alicyclic amines) is 1. The van der Waals surface area contributed by atoms with Crippen molar-refractivity contribution in [1.82, 2.24) is 10.2 Å². The molecule has 0 radical (unpaired) electrons. The molecule has 0 aromatic carbocycles. The fraction of sp³-hybridized carbons (Fsp3) is 0.636. The zero-order chi connectivity index (χ0) is 12.0. The molecule has 0 aromatic heterocycles. The Balaban J connectivity index is 2.51. The highest BCUT2D eigenvalue weighted by Gasteiger charge is 2.31. The van der Waals surface area contributed by atoms with Gasteiger partial charge in [-0.2, -0.15) is 0 Å². The molecule has 5 nitrogen and oxygen atoms in total. The van der Waals surface area contributed by atoms with Crippen LogP contribution in [0.1, 0.15) is 19.3 Å². The Morgan fingerprint density at radius 2 is 2.25 bits per heavy atom. The summed E-state index contributed by atoms with van der Waals surface area (Å²) >= 11 is 0. The van der Waals surface area contributed by atoms with Crippen molar-refractivity contribution in [2.75, 3.05) is 19.6 Å². The molecule has 1 aliphatic rings. The zero-order valence-corrected chi connectivity index (χ0v) is 9.11. The van der Waals surface area contributed by atoms with Gasteiger partial charge < -0.3 is 10.0 Å². The summed E-state index contributed by atoms with van der Waals surface area (Å²) in [7, 11) is 0. The van der Waals surface area contributed by atoms with Gasteiger partial charge in [0.25, 0.3) is 0 Å². The molecule has 2 N–H and O–H groups in total. The molecule has 1 rings (SSSR count). The third kappa shape index (κ3) is 3.24. The first-order valence-corrected chi connectivity index (χ1v) is 5.33. The molecular formula is C11H16N2O3. The van der Waals surface area contributed by atoms with Crippen molar-refractivity contribution >= 4 is 11.9 Å². The average molecular weight is 224 g/mol. The summed E-state index contributed by atoms with van der Waals surface area (Å²) in [6.07, 6.45) is 7.30. The number of amides is 1. The van der Waals surface area contributed by atoms with Crippen LogP contribution in [0, 0.1) is 12.3 Å². The van der Waals surface area contributed by atoms with Crippen LogP contribution in [0.3, 0.4) is 0 Å². The Morgan fingerprint density at radius 1 is 1.50 bits per heavy atom. The predicted molar refractivity (Wildman–Crippen MR) is 58.7 cm³/mol. The van der Waals surface area contributed by atoms with Gasteiger partial charge in [-0.1, -0.05) is 5.92 Å². The quantitative estimate of drug-likeness (QED) is 0.507. The summed E-state index contributed by atoms with van der Waals surface area (Å²) in [5.41, 5.74) is 0. The van der Waals surface area contributed by atoms with E-state index in [4.69, 9.17) is 11.5 Å². The van der Waals surface area contributed by atoms with Gasteiger partial charge >= 0.3 is 5.97 Å². The number of nitrogens with one attached hydrogen (secondary N) is 1. The second-order valence-corrected chi connectivity index (χ2v) is 3.74. The number of carboxylic acid groups (broad SMARTS) is 1. The van der Waals surface area contributed by atoms with Gasteiger partial charge in [-0.15, -0.1) is 6.42 Å². The molecule has 1 aliphatic heterocycles. The Hall–Kier alpha value is -1.54.